The first-order valence-electron chi connectivity index (χ1n) is 11.2. The molecule has 2 aromatic rings. The van der Waals surface area contributed by atoms with Crippen LogP contribution in [-0.4, -0.2) is 44.2 Å². The maximum absolute atomic E-state index is 12.9. The fourth-order valence-corrected chi connectivity index (χ4v) is 3.36. The van der Waals surface area contributed by atoms with E-state index in [2.05, 4.69) is 15.5 Å². The zero-order valence-corrected chi connectivity index (χ0v) is 21.8. The van der Waals surface area contributed by atoms with E-state index < -0.39 is 17.7 Å². The number of ether oxygens (including phenoxy) is 4. The molecule has 0 fully saturated rings. The first kappa shape index (κ1) is 28.2. The maximum Gasteiger partial charge on any atom is 0.258 e. The second-order valence-corrected chi connectivity index (χ2v) is 7.79. The van der Waals surface area contributed by atoms with Gasteiger partial charge in [0.05, 0.1) is 42.2 Å². The van der Waals surface area contributed by atoms with Crippen molar-refractivity contribution in [2.75, 3.05) is 31.7 Å². The van der Waals surface area contributed by atoms with Gasteiger partial charge in [-0.25, -0.2) is 0 Å². The molecule has 1 unspecified atom stereocenters. The number of anilines is 1. The van der Waals surface area contributed by atoms with Crippen molar-refractivity contribution >= 4 is 46.3 Å². The monoisotopic (exact) mass is 525 g/mol. The minimum atomic E-state index is -1.44. The Morgan fingerprint density at radius 3 is 1.89 bits per heavy atom. The van der Waals surface area contributed by atoms with Crippen LogP contribution in [0.15, 0.2) is 34.5 Å². The van der Waals surface area contributed by atoms with Crippen LogP contribution >= 0.6 is 23.2 Å². The molecule has 11 heteroatoms. The van der Waals surface area contributed by atoms with Crippen molar-refractivity contribution in [2.24, 2.45) is 10.2 Å². The molecule has 1 atom stereocenters. The fourth-order valence-electron chi connectivity index (χ4n) is 2.95. The molecule has 0 heterocycles. The van der Waals surface area contributed by atoms with Crippen LogP contribution in [0.2, 0.25) is 10.0 Å². The molecule has 0 bridgehead atoms. The molecule has 0 aromatic heterocycles. The molecule has 0 aliphatic rings. The van der Waals surface area contributed by atoms with Crippen molar-refractivity contribution in [3.8, 4) is 23.0 Å². The number of hydrogen-bond donors (Lipinski definition) is 1. The predicted molar refractivity (Wildman–Crippen MR) is 135 cm³/mol. The van der Waals surface area contributed by atoms with E-state index in [1.54, 1.807) is 13.0 Å². The molecule has 0 aliphatic heterocycles. The van der Waals surface area contributed by atoms with Crippen molar-refractivity contribution < 1.29 is 28.5 Å². The third-order valence-corrected chi connectivity index (χ3v) is 5.03. The second kappa shape index (κ2) is 13.7. The number of benzene rings is 2. The number of ketones is 1. The van der Waals surface area contributed by atoms with Crippen LogP contribution in [0, 0.1) is 0 Å². The third-order valence-electron chi connectivity index (χ3n) is 4.42. The Morgan fingerprint density at radius 1 is 0.800 bits per heavy atom. The number of hydrogen-bond acceptors (Lipinski definition) is 8. The highest BCUT2D eigenvalue weighted by atomic mass is 35.5. The van der Waals surface area contributed by atoms with Crippen molar-refractivity contribution in [2.45, 2.75) is 40.7 Å². The minimum Gasteiger partial charge on any atom is -0.492 e. The molecule has 0 saturated carbocycles. The Balaban J connectivity index is 2.36. The van der Waals surface area contributed by atoms with E-state index in [1.165, 1.54) is 25.1 Å². The summed E-state index contributed by atoms with van der Waals surface area (Å²) in [4.78, 5) is 25.2. The zero-order valence-electron chi connectivity index (χ0n) is 20.3. The third kappa shape index (κ3) is 7.73. The van der Waals surface area contributed by atoms with Gasteiger partial charge in [-0.2, -0.15) is 10.2 Å². The van der Waals surface area contributed by atoms with Gasteiger partial charge >= 0.3 is 0 Å². The highest BCUT2D eigenvalue weighted by Gasteiger charge is 2.25. The second-order valence-electron chi connectivity index (χ2n) is 6.98. The van der Waals surface area contributed by atoms with E-state index in [4.69, 9.17) is 42.1 Å². The van der Waals surface area contributed by atoms with Gasteiger partial charge in [0, 0.05) is 24.3 Å². The summed E-state index contributed by atoms with van der Waals surface area (Å²) in [6.45, 7) is 10.0. The normalized spacial score (nSPS) is 11.7. The summed E-state index contributed by atoms with van der Waals surface area (Å²) < 4.78 is 22.2. The molecule has 1 amide bonds. The number of amides is 1. The van der Waals surface area contributed by atoms with Gasteiger partial charge in [-0.3, -0.25) is 9.59 Å². The van der Waals surface area contributed by atoms with E-state index >= 15 is 0 Å². The van der Waals surface area contributed by atoms with E-state index in [1.807, 2.05) is 20.8 Å². The average Bonchev–Trinajstić information content (AvgIpc) is 2.80. The summed E-state index contributed by atoms with van der Waals surface area (Å²) in [5.74, 6) is 0.322. The van der Waals surface area contributed by atoms with Crippen LogP contribution in [0.5, 0.6) is 23.0 Å². The Kier molecular flexibility index (Phi) is 11.1. The van der Waals surface area contributed by atoms with Gasteiger partial charge in [-0.15, -0.1) is 0 Å². The quantitative estimate of drug-likeness (QED) is 0.244. The van der Waals surface area contributed by atoms with Crippen LogP contribution in [0.25, 0.3) is 0 Å². The molecule has 0 saturated heterocycles. The van der Waals surface area contributed by atoms with Gasteiger partial charge in [-0.1, -0.05) is 23.2 Å². The maximum atomic E-state index is 12.9. The largest absolute Gasteiger partial charge is 0.492 e. The summed E-state index contributed by atoms with van der Waals surface area (Å²) in [6, 6.07) is 4.71. The summed E-state index contributed by atoms with van der Waals surface area (Å²) in [5.41, 5.74) is 0.502. The van der Waals surface area contributed by atoms with E-state index in [9.17, 15) is 9.59 Å². The number of azo groups is 1. The smallest absolute Gasteiger partial charge is 0.258 e. The molecule has 35 heavy (non-hydrogen) atoms. The molecule has 2 aromatic carbocycles. The van der Waals surface area contributed by atoms with Gasteiger partial charge < -0.3 is 24.3 Å². The highest BCUT2D eigenvalue weighted by molar-refractivity contribution is 6.34. The molecule has 0 aliphatic carbocycles. The number of nitrogens with one attached hydrogen (secondary N) is 1. The molecular formula is C24H29Cl2N3O6. The standard InChI is InChI=1S/C24H29Cl2N3O6/c1-6-32-19-13-18(20(33-7-2)11-16(19)26)28-29-23(14(5)30)24(31)27-17-12-22(35-9-4)21(34-8-3)10-15(17)25/h10-13,23H,6-9H2,1-5H3,(H,27,31). The van der Waals surface area contributed by atoms with Crippen molar-refractivity contribution in [3.05, 3.63) is 34.3 Å². The lowest BCUT2D eigenvalue weighted by Gasteiger charge is -2.16. The summed E-state index contributed by atoms with van der Waals surface area (Å²) in [7, 11) is 0. The van der Waals surface area contributed by atoms with Crippen LogP contribution in [0.1, 0.15) is 34.6 Å². The van der Waals surface area contributed by atoms with Crippen molar-refractivity contribution in [1.29, 1.82) is 0 Å². The van der Waals surface area contributed by atoms with Crippen molar-refractivity contribution in [1.82, 2.24) is 0 Å². The first-order valence-corrected chi connectivity index (χ1v) is 11.9. The number of carbonyl (C=O) groups is 2. The number of Topliss-reactive ketones (excluding diaryl/α,β-unsaturated/α-hetero) is 1. The van der Waals surface area contributed by atoms with Gasteiger partial charge in [0.15, 0.2) is 17.3 Å². The molecular weight excluding hydrogens is 497 g/mol. The van der Waals surface area contributed by atoms with E-state index in [0.717, 1.165) is 0 Å². The Bertz CT molecular complexity index is 1080. The van der Waals surface area contributed by atoms with E-state index in [0.29, 0.717) is 54.4 Å². The molecule has 1 N–H and O–H groups in total. The Labute approximate surface area is 214 Å². The SMILES string of the molecule is CCOc1cc(N=NC(C(C)=O)C(=O)Nc2cc(OCC)c(OCC)cc2Cl)c(OCC)cc1Cl. The average molecular weight is 526 g/mol. The number of rotatable bonds is 13. The lowest BCUT2D eigenvalue weighted by atomic mass is 10.2. The Hall–Kier alpha value is -3.04. The molecule has 0 radical (unpaired) electrons. The zero-order chi connectivity index (χ0) is 26.0. The number of carbonyl (C=O) groups excluding carboxylic acids is 2. The van der Waals surface area contributed by atoms with Crippen LogP contribution in [0.3, 0.4) is 0 Å². The topological polar surface area (TPSA) is 108 Å². The number of nitrogens with zero attached hydrogens (tertiary/aromatic N) is 2. The number of halogens is 2. The van der Waals surface area contributed by atoms with Crippen LogP contribution in [-0.2, 0) is 9.59 Å². The summed E-state index contributed by atoms with van der Waals surface area (Å²) in [5, 5.41) is 11.3. The summed E-state index contributed by atoms with van der Waals surface area (Å²) >= 11 is 12.5. The lowest BCUT2D eigenvalue weighted by Crippen LogP contribution is -2.32. The molecule has 9 nitrogen and oxygen atoms in total. The van der Waals surface area contributed by atoms with Gasteiger partial charge in [0.1, 0.15) is 17.2 Å². The van der Waals surface area contributed by atoms with E-state index in [-0.39, 0.29) is 16.4 Å². The lowest BCUT2D eigenvalue weighted by molar-refractivity contribution is -0.126. The summed E-state index contributed by atoms with van der Waals surface area (Å²) in [6.07, 6.45) is 0. The van der Waals surface area contributed by atoms with Gasteiger partial charge in [0.2, 0.25) is 6.04 Å². The van der Waals surface area contributed by atoms with Gasteiger partial charge in [0.25, 0.3) is 5.91 Å². The highest BCUT2D eigenvalue weighted by Crippen LogP contribution is 2.39. The minimum absolute atomic E-state index is 0.210. The molecule has 2 rings (SSSR count). The molecule has 190 valence electrons. The van der Waals surface area contributed by atoms with Crippen molar-refractivity contribution in [3.63, 3.8) is 0 Å². The Morgan fingerprint density at radius 2 is 1.31 bits per heavy atom. The predicted octanol–water partition coefficient (Wildman–Crippen LogP) is 6.27. The van der Waals surface area contributed by atoms with Crippen LogP contribution < -0.4 is 24.3 Å². The first-order chi connectivity index (χ1) is 16.7. The van der Waals surface area contributed by atoms with Gasteiger partial charge in [-0.05, 0) is 34.6 Å². The molecule has 0 spiro atoms. The fraction of sp³-hybridized carbons (Fsp3) is 0.417. The van der Waals surface area contributed by atoms with Crippen LogP contribution in [0.4, 0.5) is 11.4 Å².